The molecule has 5 atom stereocenters. The van der Waals surface area contributed by atoms with Gasteiger partial charge in [-0.15, -0.1) is 0 Å². The molecule has 0 spiro atoms. The second kappa shape index (κ2) is 12.5. The third-order valence-corrected chi connectivity index (χ3v) is 7.06. The normalized spacial score (nSPS) is 18.4. The second-order valence-corrected chi connectivity index (χ2v) is 9.73. The van der Waals surface area contributed by atoms with Gasteiger partial charge in [0.15, 0.2) is 0 Å². The lowest BCUT2D eigenvalue weighted by atomic mass is 9.96. The van der Waals surface area contributed by atoms with Gasteiger partial charge in [0.2, 0.25) is 17.7 Å². The summed E-state index contributed by atoms with van der Waals surface area (Å²) < 4.78 is 0. The minimum Gasteiger partial charge on any atom is -0.481 e. The molecule has 1 saturated heterocycles. The standard InChI is InChI=1S/C26H35N5O7/c1-3-14(2)22(30-23(34)20-9-6-10-31(20)25(36)17(27)12-21(32)33)24(35)29-19(26(37)38)11-15-13-28-18-8-5-4-7-16(15)18/h4-5,7-8,13-14,17,19-20,22,28H,3,6,9-12,27H2,1-2H3,(H,29,35)(H,30,34)(H,32,33)(H,37,38). The summed E-state index contributed by atoms with van der Waals surface area (Å²) in [7, 11) is 0. The van der Waals surface area contributed by atoms with Gasteiger partial charge in [-0.3, -0.25) is 19.2 Å². The topological polar surface area (TPSA) is 195 Å². The number of carboxylic acid groups (broad SMARTS) is 2. The number of likely N-dealkylation sites (tertiary alicyclic amines) is 1. The van der Waals surface area contributed by atoms with Gasteiger partial charge < -0.3 is 36.5 Å². The fourth-order valence-corrected chi connectivity index (χ4v) is 4.72. The number of aromatic amines is 1. The van der Waals surface area contributed by atoms with E-state index in [1.807, 2.05) is 31.2 Å². The molecule has 3 amide bonds. The number of fused-ring (bicyclic) bond motifs is 1. The summed E-state index contributed by atoms with van der Waals surface area (Å²) in [6.45, 7) is 3.85. The first kappa shape index (κ1) is 28.6. The van der Waals surface area contributed by atoms with Crippen LogP contribution in [0.5, 0.6) is 0 Å². The maximum atomic E-state index is 13.3. The molecule has 0 aliphatic carbocycles. The molecule has 0 radical (unpaired) electrons. The average Bonchev–Trinajstić information content (AvgIpc) is 3.53. The lowest BCUT2D eigenvalue weighted by molar-refractivity contribution is -0.144. The first-order chi connectivity index (χ1) is 18.0. The molecular formula is C26H35N5O7. The van der Waals surface area contributed by atoms with Gasteiger partial charge in [0.25, 0.3) is 0 Å². The van der Waals surface area contributed by atoms with Crippen LogP contribution in [0.1, 0.15) is 45.1 Å². The van der Waals surface area contributed by atoms with Crippen LogP contribution in [0, 0.1) is 5.92 Å². The molecule has 0 saturated carbocycles. The van der Waals surface area contributed by atoms with Crippen LogP contribution in [0.25, 0.3) is 10.9 Å². The van der Waals surface area contributed by atoms with Crippen LogP contribution < -0.4 is 16.4 Å². The zero-order valence-corrected chi connectivity index (χ0v) is 21.5. The van der Waals surface area contributed by atoms with Crippen molar-refractivity contribution < 1.29 is 34.2 Å². The number of aromatic nitrogens is 1. The van der Waals surface area contributed by atoms with Crippen molar-refractivity contribution in [2.24, 2.45) is 11.7 Å². The van der Waals surface area contributed by atoms with Crippen LogP contribution >= 0.6 is 0 Å². The molecule has 1 fully saturated rings. The van der Waals surface area contributed by atoms with E-state index in [2.05, 4.69) is 15.6 Å². The highest BCUT2D eigenvalue weighted by molar-refractivity contribution is 5.95. The quantitative estimate of drug-likeness (QED) is 0.230. The summed E-state index contributed by atoms with van der Waals surface area (Å²) in [5.41, 5.74) is 7.31. The number of hydrogen-bond acceptors (Lipinski definition) is 6. The largest absolute Gasteiger partial charge is 0.481 e. The van der Waals surface area contributed by atoms with Gasteiger partial charge >= 0.3 is 11.9 Å². The van der Waals surface area contributed by atoms with Crippen LogP contribution in [0.2, 0.25) is 0 Å². The Morgan fingerprint density at radius 1 is 1.16 bits per heavy atom. The second-order valence-electron chi connectivity index (χ2n) is 9.73. The van der Waals surface area contributed by atoms with Crippen LogP contribution in [0.4, 0.5) is 0 Å². The number of nitrogens with zero attached hydrogens (tertiary/aromatic N) is 1. The molecule has 3 rings (SSSR count). The zero-order valence-electron chi connectivity index (χ0n) is 21.5. The molecule has 0 bridgehead atoms. The van der Waals surface area contributed by atoms with Gasteiger partial charge in [0.05, 0.1) is 12.5 Å². The summed E-state index contributed by atoms with van der Waals surface area (Å²) in [5.74, 6) is -4.61. The van der Waals surface area contributed by atoms with E-state index in [-0.39, 0.29) is 18.9 Å². The average molecular weight is 530 g/mol. The van der Waals surface area contributed by atoms with E-state index in [0.29, 0.717) is 19.3 Å². The van der Waals surface area contributed by atoms with Crippen molar-refractivity contribution in [3.8, 4) is 0 Å². The maximum Gasteiger partial charge on any atom is 0.326 e. The number of carbonyl (C=O) groups excluding carboxylic acids is 3. The Morgan fingerprint density at radius 3 is 2.53 bits per heavy atom. The molecular weight excluding hydrogens is 494 g/mol. The van der Waals surface area contributed by atoms with Crippen LogP contribution in [0.3, 0.4) is 0 Å². The fraction of sp³-hybridized carbons (Fsp3) is 0.500. The number of nitrogens with one attached hydrogen (secondary N) is 3. The molecule has 7 N–H and O–H groups in total. The molecule has 1 aromatic carbocycles. The molecule has 12 nitrogen and oxygen atoms in total. The summed E-state index contributed by atoms with van der Waals surface area (Å²) in [4.78, 5) is 66.5. The Labute approximate surface area is 219 Å². The first-order valence-corrected chi connectivity index (χ1v) is 12.7. The minimum atomic E-state index is -1.28. The number of amides is 3. The first-order valence-electron chi connectivity index (χ1n) is 12.7. The predicted molar refractivity (Wildman–Crippen MR) is 138 cm³/mol. The van der Waals surface area contributed by atoms with E-state index in [1.54, 1.807) is 13.1 Å². The number of aliphatic carboxylic acids is 2. The lowest BCUT2D eigenvalue weighted by Gasteiger charge is -2.30. The molecule has 1 aromatic heterocycles. The third-order valence-electron chi connectivity index (χ3n) is 7.06. The highest BCUT2D eigenvalue weighted by atomic mass is 16.4. The smallest absolute Gasteiger partial charge is 0.326 e. The van der Waals surface area contributed by atoms with Gasteiger partial charge in [-0.05, 0) is 30.4 Å². The molecule has 2 aromatic rings. The van der Waals surface area contributed by atoms with E-state index < -0.39 is 60.2 Å². The number of carboxylic acids is 2. The van der Waals surface area contributed by atoms with Crippen LogP contribution in [-0.4, -0.2) is 80.5 Å². The number of hydrogen-bond donors (Lipinski definition) is 6. The fourth-order valence-electron chi connectivity index (χ4n) is 4.72. The van der Waals surface area contributed by atoms with Crippen molar-refractivity contribution in [1.82, 2.24) is 20.5 Å². The number of para-hydroxylation sites is 1. The van der Waals surface area contributed by atoms with E-state index >= 15 is 0 Å². The number of benzene rings is 1. The number of nitrogens with two attached hydrogens (primary N) is 1. The third kappa shape index (κ3) is 6.68. The molecule has 2 heterocycles. The zero-order chi connectivity index (χ0) is 28.0. The van der Waals surface area contributed by atoms with Crippen molar-refractivity contribution in [3.05, 3.63) is 36.0 Å². The summed E-state index contributed by atoms with van der Waals surface area (Å²) in [5, 5.41) is 24.9. The Bertz CT molecular complexity index is 1200. The SMILES string of the molecule is CCC(C)C(NC(=O)C1CCCN1C(=O)C(N)CC(=O)O)C(=O)NC(Cc1c[nH]c2ccccc12)C(=O)O. The summed E-state index contributed by atoms with van der Waals surface area (Å²) in [6.07, 6.45) is 2.57. The molecule has 5 unspecified atom stereocenters. The minimum absolute atomic E-state index is 0.0403. The van der Waals surface area contributed by atoms with Crippen LogP contribution in [-0.2, 0) is 30.4 Å². The summed E-state index contributed by atoms with van der Waals surface area (Å²) in [6, 6.07) is 2.98. The maximum absolute atomic E-state index is 13.3. The van der Waals surface area contributed by atoms with E-state index in [9.17, 15) is 29.1 Å². The van der Waals surface area contributed by atoms with E-state index in [0.717, 1.165) is 16.5 Å². The van der Waals surface area contributed by atoms with Gasteiger partial charge in [0, 0.05) is 30.1 Å². The highest BCUT2D eigenvalue weighted by Gasteiger charge is 2.39. The van der Waals surface area contributed by atoms with E-state index in [1.165, 1.54) is 4.90 Å². The Morgan fingerprint density at radius 2 is 1.87 bits per heavy atom. The van der Waals surface area contributed by atoms with Gasteiger partial charge in [0.1, 0.15) is 18.1 Å². The highest BCUT2D eigenvalue weighted by Crippen LogP contribution is 2.21. The Kier molecular flexibility index (Phi) is 9.45. The van der Waals surface area contributed by atoms with Gasteiger partial charge in [-0.25, -0.2) is 4.79 Å². The monoisotopic (exact) mass is 529 g/mol. The number of rotatable bonds is 12. The van der Waals surface area contributed by atoms with Gasteiger partial charge in [-0.1, -0.05) is 38.5 Å². The molecule has 1 aliphatic rings. The van der Waals surface area contributed by atoms with Crippen molar-refractivity contribution in [1.29, 1.82) is 0 Å². The number of carbonyl (C=O) groups is 5. The van der Waals surface area contributed by atoms with Gasteiger partial charge in [-0.2, -0.15) is 0 Å². The van der Waals surface area contributed by atoms with Crippen molar-refractivity contribution >= 4 is 40.6 Å². The Hall–Kier alpha value is -3.93. The van der Waals surface area contributed by atoms with E-state index in [4.69, 9.17) is 10.8 Å². The number of H-pyrrole nitrogens is 1. The van der Waals surface area contributed by atoms with Crippen molar-refractivity contribution in [2.45, 2.75) is 70.1 Å². The van der Waals surface area contributed by atoms with Crippen LogP contribution in [0.15, 0.2) is 30.5 Å². The molecule has 12 heteroatoms. The predicted octanol–water partition coefficient (Wildman–Crippen LogP) is 0.604. The van der Waals surface area contributed by atoms with Crippen molar-refractivity contribution in [3.63, 3.8) is 0 Å². The Balaban J connectivity index is 1.72. The molecule has 38 heavy (non-hydrogen) atoms. The lowest BCUT2D eigenvalue weighted by Crippen LogP contribution is -2.58. The molecule has 1 aliphatic heterocycles. The van der Waals surface area contributed by atoms with Crippen molar-refractivity contribution in [2.75, 3.05) is 6.54 Å². The molecule has 206 valence electrons. The summed E-state index contributed by atoms with van der Waals surface area (Å²) >= 11 is 0.